The Morgan fingerprint density at radius 2 is 2.19 bits per heavy atom. The summed E-state index contributed by atoms with van der Waals surface area (Å²) >= 11 is 3.62. The molecule has 0 bridgehead atoms. The van der Waals surface area contributed by atoms with Crippen molar-refractivity contribution in [2.24, 2.45) is 11.8 Å². The monoisotopic (exact) mass is 281 g/mol. The van der Waals surface area contributed by atoms with Crippen LogP contribution in [-0.4, -0.2) is 6.54 Å². The van der Waals surface area contributed by atoms with Crippen LogP contribution in [0.2, 0.25) is 0 Å². The SMILES string of the molecule is Cc1ccc(CNCC(C)C2CC2)c(Br)c1. The van der Waals surface area contributed by atoms with Gasteiger partial charge in [0.05, 0.1) is 0 Å². The van der Waals surface area contributed by atoms with Gasteiger partial charge in [0.15, 0.2) is 0 Å². The van der Waals surface area contributed by atoms with E-state index in [9.17, 15) is 0 Å². The van der Waals surface area contributed by atoms with Gasteiger partial charge in [0.1, 0.15) is 0 Å². The molecule has 1 aromatic carbocycles. The summed E-state index contributed by atoms with van der Waals surface area (Å²) in [5, 5.41) is 3.55. The van der Waals surface area contributed by atoms with Crippen molar-refractivity contribution in [3.8, 4) is 0 Å². The van der Waals surface area contributed by atoms with Crippen molar-refractivity contribution in [1.82, 2.24) is 5.32 Å². The van der Waals surface area contributed by atoms with Crippen LogP contribution in [0, 0.1) is 18.8 Å². The summed E-state index contributed by atoms with van der Waals surface area (Å²) in [6, 6.07) is 6.56. The van der Waals surface area contributed by atoms with Crippen LogP contribution in [0.4, 0.5) is 0 Å². The van der Waals surface area contributed by atoms with Gasteiger partial charge in [-0.2, -0.15) is 0 Å². The molecule has 1 aromatic rings. The molecule has 1 aliphatic carbocycles. The first-order valence-corrected chi connectivity index (χ1v) is 6.92. The number of benzene rings is 1. The lowest BCUT2D eigenvalue weighted by Crippen LogP contribution is -2.22. The van der Waals surface area contributed by atoms with Crippen LogP contribution >= 0.6 is 15.9 Å². The van der Waals surface area contributed by atoms with E-state index in [1.165, 1.54) is 28.4 Å². The molecule has 0 heterocycles. The smallest absolute Gasteiger partial charge is 0.0222 e. The fraction of sp³-hybridized carbons (Fsp3) is 0.571. The summed E-state index contributed by atoms with van der Waals surface area (Å²) in [7, 11) is 0. The Balaban J connectivity index is 1.80. The lowest BCUT2D eigenvalue weighted by molar-refractivity contribution is 0.461. The third-order valence-electron chi connectivity index (χ3n) is 3.42. The molecular weight excluding hydrogens is 262 g/mol. The molecule has 0 aromatic heterocycles. The summed E-state index contributed by atoms with van der Waals surface area (Å²) < 4.78 is 1.22. The Labute approximate surface area is 107 Å². The Morgan fingerprint density at radius 1 is 1.44 bits per heavy atom. The molecule has 1 aliphatic rings. The number of aryl methyl sites for hydroxylation is 1. The second-order valence-corrected chi connectivity index (χ2v) is 5.89. The van der Waals surface area contributed by atoms with E-state index in [2.05, 4.69) is 53.3 Å². The summed E-state index contributed by atoms with van der Waals surface area (Å²) in [5.41, 5.74) is 2.66. The molecule has 2 rings (SSSR count). The van der Waals surface area contributed by atoms with Crippen LogP contribution in [-0.2, 0) is 6.54 Å². The molecule has 1 N–H and O–H groups in total. The molecular formula is C14H20BrN. The van der Waals surface area contributed by atoms with E-state index in [1.54, 1.807) is 0 Å². The highest BCUT2D eigenvalue weighted by atomic mass is 79.9. The highest BCUT2D eigenvalue weighted by Gasteiger charge is 2.27. The van der Waals surface area contributed by atoms with Crippen molar-refractivity contribution < 1.29 is 0 Å². The highest BCUT2D eigenvalue weighted by Crippen LogP contribution is 2.36. The fourth-order valence-corrected chi connectivity index (χ4v) is 2.70. The minimum absolute atomic E-state index is 0.837. The Bertz CT molecular complexity index is 358. The van der Waals surface area contributed by atoms with Crippen molar-refractivity contribution in [3.05, 3.63) is 33.8 Å². The van der Waals surface area contributed by atoms with Gasteiger partial charge in [0.2, 0.25) is 0 Å². The van der Waals surface area contributed by atoms with Gasteiger partial charge in [-0.1, -0.05) is 35.0 Å². The molecule has 1 fully saturated rings. The standard InChI is InChI=1S/C14H20BrN/c1-10-3-4-13(14(15)7-10)9-16-8-11(2)12-5-6-12/h3-4,7,11-12,16H,5-6,8-9H2,1-2H3. The number of nitrogens with one attached hydrogen (secondary N) is 1. The molecule has 1 unspecified atom stereocenters. The maximum atomic E-state index is 3.62. The molecule has 1 saturated carbocycles. The van der Waals surface area contributed by atoms with Crippen molar-refractivity contribution >= 4 is 15.9 Å². The van der Waals surface area contributed by atoms with Gasteiger partial charge in [0.25, 0.3) is 0 Å². The van der Waals surface area contributed by atoms with Crippen LogP contribution in [0.1, 0.15) is 30.9 Å². The first kappa shape index (κ1) is 12.1. The third kappa shape index (κ3) is 3.33. The van der Waals surface area contributed by atoms with E-state index in [1.807, 2.05) is 0 Å². The van der Waals surface area contributed by atoms with Crippen molar-refractivity contribution in [1.29, 1.82) is 0 Å². The molecule has 0 spiro atoms. The zero-order valence-corrected chi connectivity index (χ0v) is 11.7. The van der Waals surface area contributed by atoms with Crippen LogP contribution in [0.5, 0.6) is 0 Å². The summed E-state index contributed by atoms with van der Waals surface area (Å²) in [5.74, 6) is 1.83. The summed E-state index contributed by atoms with van der Waals surface area (Å²) in [4.78, 5) is 0. The van der Waals surface area contributed by atoms with Gasteiger partial charge in [-0.05, 0) is 55.3 Å². The van der Waals surface area contributed by atoms with E-state index in [0.29, 0.717) is 0 Å². The van der Waals surface area contributed by atoms with Crippen LogP contribution in [0.25, 0.3) is 0 Å². The van der Waals surface area contributed by atoms with Gasteiger partial charge in [-0.3, -0.25) is 0 Å². The van der Waals surface area contributed by atoms with E-state index >= 15 is 0 Å². The van der Waals surface area contributed by atoms with E-state index in [-0.39, 0.29) is 0 Å². The molecule has 1 nitrogen and oxygen atoms in total. The molecule has 16 heavy (non-hydrogen) atoms. The molecule has 0 amide bonds. The number of hydrogen-bond acceptors (Lipinski definition) is 1. The molecule has 0 saturated heterocycles. The molecule has 88 valence electrons. The summed E-state index contributed by atoms with van der Waals surface area (Å²) in [6.07, 6.45) is 2.88. The lowest BCUT2D eigenvalue weighted by Gasteiger charge is -2.12. The average molecular weight is 282 g/mol. The number of hydrogen-bond donors (Lipinski definition) is 1. The maximum Gasteiger partial charge on any atom is 0.0222 e. The topological polar surface area (TPSA) is 12.0 Å². The van der Waals surface area contributed by atoms with Crippen LogP contribution in [0.15, 0.2) is 22.7 Å². The minimum atomic E-state index is 0.837. The third-order valence-corrected chi connectivity index (χ3v) is 4.16. The first-order valence-electron chi connectivity index (χ1n) is 6.12. The van der Waals surface area contributed by atoms with Gasteiger partial charge in [0, 0.05) is 11.0 Å². The average Bonchev–Trinajstić information content (AvgIpc) is 3.04. The predicted molar refractivity (Wildman–Crippen MR) is 72.5 cm³/mol. The van der Waals surface area contributed by atoms with Gasteiger partial charge in [-0.15, -0.1) is 0 Å². The summed E-state index contributed by atoms with van der Waals surface area (Å²) in [6.45, 7) is 6.59. The Kier molecular flexibility index (Phi) is 4.04. The second kappa shape index (κ2) is 5.33. The second-order valence-electron chi connectivity index (χ2n) is 5.04. The molecule has 0 radical (unpaired) electrons. The number of rotatable bonds is 5. The van der Waals surface area contributed by atoms with Crippen LogP contribution in [0.3, 0.4) is 0 Å². The molecule has 1 atom stereocenters. The minimum Gasteiger partial charge on any atom is -0.312 e. The largest absolute Gasteiger partial charge is 0.312 e. The van der Waals surface area contributed by atoms with Crippen molar-refractivity contribution in [2.75, 3.05) is 6.54 Å². The highest BCUT2D eigenvalue weighted by molar-refractivity contribution is 9.10. The number of halogens is 1. The van der Waals surface area contributed by atoms with Crippen molar-refractivity contribution in [2.45, 2.75) is 33.2 Å². The fourth-order valence-electron chi connectivity index (χ4n) is 2.06. The zero-order chi connectivity index (χ0) is 11.5. The lowest BCUT2D eigenvalue weighted by atomic mass is 10.1. The van der Waals surface area contributed by atoms with E-state index in [4.69, 9.17) is 0 Å². The Hall–Kier alpha value is -0.340. The quantitative estimate of drug-likeness (QED) is 0.863. The van der Waals surface area contributed by atoms with Crippen LogP contribution < -0.4 is 5.32 Å². The van der Waals surface area contributed by atoms with E-state index in [0.717, 1.165) is 24.9 Å². The molecule has 2 heteroatoms. The van der Waals surface area contributed by atoms with Gasteiger partial charge in [-0.25, -0.2) is 0 Å². The maximum absolute atomic E-state index is 3.62. The Morgan fingerprint density at radius 3 is 2.81 bits per heavy atom. The van der Waals surface area contributed by atoms with Crippen molar-refractivity contribution in [3.63, 3.8) is 0 Å². The first-order chi connectivity index (χ1) is 7.66. The zero-order valence-electron chi connectivity index (χ0n) is 10.1. The van der Waals surface area contributed by atoms with E-state index < -0.39 is 0 Å². The predicted octanol–water partition coefficient (Wildman–Crippen LogP) is 3.89. The molecule has 0 aliphatic heterocycles. The van der Waals surface area contributed by atoms with Gasteiger partial charge < -0.3 is 5.32 Å². The van der Waals surface area contributed by atoms with Gasteiger partial charge >= 0.3 is 0 Å². The normalized spacial score (nSPS) is 17.4.